The first-order chi connectivity index (χ1) is 14.8. The molecule has 0 spiro atoms. The molecule has 0 bridgehead atoms. The number of hydrogen-bond donors (Lipinski definition) is 1. The zero-order chi connectivity index (χ0) is 22.0. The minimum absolute atomic E-state index is 0.0862. The second-order valence-corrected chi connectivity index (χ2v) is 7.26. The van der Waals surface area contributed by atoms with E-state index < -0.39 is 6.36 Å². The highest BCUT2D eigenvalue weighted by Gasteiger charge is 2.35. The Kier molecular flexibility index (Phi) is 5.64. The predicted molar refractivity (Wildman–Crippen MR) is 104 cm³/mol. The van der Waals surface area contributed by atoms with E-state index in [4.69, 9.17) is 4.52 Å². The van der Waals surface area contributed by atoms with Crippen LogP contribution in [0.4, 0.5) is 13.2 Å². The lowest BCUT2D eigenvalue weighted by molar-refractivity contribution is -0.274. The van der Waals surface area contributed by atoms with Crippen molar-refractivity contribution in [3.05, 3.63) is 66.1 Å². The Morgan fingerprint density at radius 2 is 1.87 bits per heavy atom. The molecule has 3 aromatic rings. The summed E-state index contributed by atoms with van der Waals surface area (Å²) in [4.78, 5) is 18.8. The summed E-state index contributed by atoms with van der Waals surface area (Å²) < 4.78 is 46.1. The number of rotatable bonds is 5. The summed E-state index contributed by atoms with van der Waals surface area (Å²) >= 11 is 0. The summed E-state index contributed by atoms with van der Waals surface area (Å²) in [6.45, 7) is 0.616. The number of likely N-dealkylation sites (tertiary alicyclic amines) is 1. The maximum atomic E-state index is 12.4. The van der Waals surface area contributed by atoms with E-state index in [1.54, 1.807) is 24.3 Å². The van der Waals surface area contributed by atoms with Gasteiger partial charge in [-0.05, 0) is 49.9 Å². The lowest BCUT2D eigenvalue weighted by Crippen LogP contribution is -2.36. The summed E-state index contributed by atoms with van der Waals surface area (Å²) in [7, 11) is 1.90. The van der Waals surface area contributed by atoms with Crippen LogP contribution in [0, 0.1) is 0 Å². The molecule has 0 saturated carbocycles. The van der Waals surface area contributed by atoms with E-state index in [2.05, 4.69) is 20.2 Å². The zero-order valence-electron chi connectivity index (χ0n) is 16.5. The van der Waals surface area contributed by atoms with Gasteiger partial charge in [-0.15, -0.1) is 13.2 Å². The van der Waals surface area contributed by atoms with Crippen molar-refractivity contribution in [2.75, 3.05) is 13.6 Å². The highest BCUT2D eigenvalue weighted by atomic mass is 19.4. The average molecular weight is 432 g/mol. The predicted octanol–water partition coefficient (Wildman–Crippen LogP) is 3.81. The van der Waals surface area contributed by atoms with Crippen molar-refractivity contribution in [1.29, 1.82) is 0 Å². The van der Waals surface area contributed by atoms with E-state index in [-0.39, 0.29) is 29.6 Å². The average Bonchev–Trinajstić information content (AvgIpc) is 3.34. The van der Waals surface area contributed by atoms with Crippen molar-refractivity contribution in [2.45, 2.75) is 24.9 Å². The van der Waals surface area contributed by atoms with Crippen molar-refractivity contribution >= 4 is 5.91 Å². The van der Waals surface area contributed by atoms with Gasteiger partial charge in [-0.25, -0.2) is 0 Å². The van der Waals surface area contributed by atoms with E-state index in [1.165, 1.54) is 24.3 Å². The SMILES string of the molecule is CN1CC(NC(=O)c2ccccc2)CC1c1nc(-c2ccc(OC(F)(F)F)cc2)no1. The van der Waals surface area contributed by atoms with Crippen molar-refractivity contribution in [3.63, 3.8) is 0 Å². The van der Waals surface area contributed by atoms with Crippen LogP contribution in [0.5, 0.6) is 5.75 Å². The van der Waals surface area contributed by atoms with Crippen LogP contribution in [0.1, 0.15) is 28.7 Å². The minimum atomic E-state index is -4.75. The molecule has 4 rings (SSSR count). The number of halogens is 3. The summed E-state index contributed by atoms with van der Waals surface area (Å²) in [6, 6.07) is 13.9. The third-order valence-electron chi connectivity index (χ3n) is 4.99. The fourth-order valence-electron chi connectivity index (χ4n) is 3.54. The van der Waals surface area contributed by atoms with Gasteiger partial charge in [-0.2, -0.15) is 4.98 Å². The van der Waals surface area contributed by atoms with Crippen molar-refractivity contribution < 1.29 is 27.2 Å². The number of likely N-dealkylation sites (N-methyl/N-ethyl adjacent to an activating group) is 1. The smallest absolute Gasteiger partial charge is 0.406 e. The Morgan fingerprint density at radius 1 is 1.16 bits per heavy atom. The monoisotopic (exact) mass is 432 g/mol. The summed E-state index contributed by atoms with van der Waals surface area (Å²) in [6.07, 6.45) is -4.16. The van der Waals surface area contributed by atoms with Crippen LogP contribution in [0.25, 0.3) is 11.4 Å². The number of benzene rings is 2. The molecule has 0 aliphatic carbocycles. The largest absolute Gasteiger partial charge is 0.573 e. The lowest BCUT2D eigenvalue weighted by atomic mass is 10.1. The maximum absolute atomic E-state index is 12.4. The van der Waals surface area contributed by atoms with Gasteiger partial charge in [-0.3, -0.25) is 9.69 Å². The lowest BCUT2D eigenvalue weighted by Gasteiger charge is -2.14. The number of ether oxygens (including phenoxy) is 1. The summed E-state index contributed by atoms with van der Waals surface area (Å²) in [5, 5.41) is 6.95. The number of aromatic nitrogens is 2. The van der Waals surface area contributed by atoms with E-state index in [0.717, 1.165) is 0 Å². The summed E-state index contributed by atoms with van der Waals surface area (Å²) in [5.74, 6) is 0.169. The molecule has 31 heavy (non-hydrogen) atoms. The first kappa shape index (κ1) is 20.9. The van der Waals surface area contributed by atoms with Crippen LogP contribution < -0.4 is 10.1 Å². The first-order valence-electron chi connectivity index (χ1n) is 9.54. The molecule has 1 fully saturated rings. The molecule has 1 aliphatic heterocycles. The zero-order valence-corrected chi connectivity index (χ0v) is 16.5. The molecule has 1 aliphatic rings. The molecule has 1 saturated heterocycles. The Hall–Kier alpha value is -3.40. The Balaban J connectivity index is 1.41. The van der Waals surface area contributed by atoms with Gasteiger partial charge in [0.15, 0.2) is 0 Å². The standard InChI is InChI=1S/C21H19F3N4O3/c1-28-12-15(25-19(29)14-5-3-2-4-6-14)11-17(28)20-26-18(27-31-20)13-7-9-16(10-8-13)30-21(22,23)24/h2-10,15,17H,11-12H2,1H3,(H,25,29). The third kappa shape index (κ3) is 5.02. The quantitative estimate of drug-likeness (QED) is 0.661. The molecule has 7 nitrogen and oxygen atoms in total. The molecule has 2 aromatic carbocycles. The molecule has 2 unspecified atom stereocenters. The Bertz CT molecular complexity index is 1040. The first-order valence-corrected chi connectivity index (χ1v) is 9.54. The van der Waals surface area contributed by atoms with Crippen molar-refractivity contribution in [3.8, 4) is 17.1 Å². The number of alkyl halides is 3. The molecule has 2 heterocycles. The van der Waals surface area contributed by atoms with Gasteiger partial charge in [0.2, 0.25) is 11.7 Å². The number of carbonyl (C=O) groups excluding carboxylic acids is 1. The Labute approximate surface area is 175 Å². The topological polar surface area (TPSA) is 80.5 Å². The van der Waals surface area contributed by atoms with Crippen molar-refractivity contribution in [2.24, 2.45) is 0 Å². The van der Waals surface area contributed by atoms with Gasteiger partial charge in [0.25, 0.3) is 5.91 Å². The second kappa shape index (κ2) is 8.38. The molecule has 1 N–H and O–H groups in total. The van der Waals surface area contributed by atoms with E-state index in [0.29, 0.717) is 30.0 Å². The van der Waals surface area contributed by atoms with E-state index >= 15 is 0 Å². The van der Waals surface area contributed by atoms with Gasteiger partial charge in [0.1, 0.15) is 5.75 Å². The van der Waals surface area contributed by atoms with Gasteiger partial charge < -0.3 is 14.6 Å². The molecule has 1 amide bonds. The summed E-state index contributed by atoms with van der Waals surface area (Å²) in [5.41, 5.74) is 1.09. The second-order valence-electron chi connectivity index (χ2n) is 7.26. The maximum Gasteiger partial charge on any atom is 0.573 e. The number of amides is 1. The molecule has 162 valence electrons. The number of hydrogen-bond acceptors (Lipinski definition) is 6. The van der Waals surface area contributed by atoms with Crippen LogP contribution in [0.2, 0.25) is 0 Å². The number of nitrogens with one attached hydrogen (secondary N) is 1. The van der Waals surface area contributed by atoms with Gasteiger partial charge in [0.05, 0.1) is 6.04 Å². The van der Waals surface area contributed by atoms with E-state index in [9.17, 15) is 18.0 Å². The van der Waals surface area contributed by atoms with E-state index in [1.807, 2.05) is 18.0 Å². The van der Waals surface area contributed by atoms with Crippen LogP contribution in [-0.2, 0) is 0 Å². The van der Waals surface area contributed by atoms with Gasteiger partial charge in [0, 0.05) is 23.7 Å². The molecule has 0 radical (unpaired) electrons. The number of carbonyl (C=O) groups is 1. The van der Waals surface area contributed by atoms with Crippen molar-refractivity contribution in [1.82, 2.24) is 20.4 Å². The van der Waals surface area contributed by atoms with Crippen LogP contribution >= 0.6 is 0 Å². The highest BCUT2D eigenvalue weighted by molar-refractivity contribution is 5.94. The molecule has 2 atom stereocenters. The van der Waals surface area contributed by atoms with Crippen LogP contribution in [0.15, 0.2) is 59.1 Å². The fraction of sp³-hybridized carbons (Fsp3) is 0.286. The highest BCUT2D eigenvalue weighted by Crippen LogP contribution is 2.31. The third-order valence-corrected chi connectivity index (χ3v) is 4.99. The van der Waals surface area contributed by atoms with Crippen LogP contribution in [-0.4, -0.2) is 46.9 Å². The minimum Gasteiger partial charge on any atom is -0.406 e. The Morgan fingerprint density at radius 3 is 2.55 bits per heavy atom. The molecule has 1 aromatic heterocycles. The molecular formula is C21H19F3N4O3. The molecular weight excluding hydrogens is 413 g/mol. The van der Waals surface area contributed by atoms with Crippen LogP contribution in [0.3, 0.4) is 0 Å². The van der Waals surface area contributed by atoms with Gasteiger partial charge in [-0.1, -0.05) is 23.4 Å². The van der Waals surface area contributed by atoms with Gasteiger partial charge >= 0.3 is 6.36 Å². The number of nitrogens with zero attached hydrogens (tertiary/aromatic N) is 3. The fourth-order valence-corrected chi connectivity index (χ4v) is 3.54. The normalized spacial score (nSPS) is 19.4. The molecule has 10 heteroatoms.